The molecule has 1 saturated heterocycles. The number of nitrogens with zero attached hydrogens (tertiary/aromatic N) is 4. The number of benzene rings is 3. The third kappa shape index (κ3) is 4.77. The maximum Gasteiger partial charge on any atom is 0.261 e. The molecule has 0 unspecified atom stereocenters. The Labute approximate surface area is 207 Å². The third-order valence-corrected chi connectivity index (χ3v) is 6.76. The maximum absolute atomic E-state index is 13.6. The van der Waals surface area contributed by atoms with Gasteiger partial charge in [-0.1, -0.05) is 36.4 Å². The fourth-order valence-electron chi connectivity index (χ4n) is 4.83. The molecule has 6 nitrogen and oxygen atoms in total. The van der Waals surface area contributed by atoms with Crippen LogP contribution in [0.2, 0.25) is 0 Å². The standard InChI is InChI=1S/C28H26F2N4O2/c1-19-3-2-4-24-26(19)31-18-34(28(24)36)17-25(35)32-13-15-33(16-14-32)27(20-5-9-22(29)10-6-20)21-7-11-23(30)12-8-21/h2-12,18,27H,13-17H2,1H3. The van der Waals surface area contributed by atoms with Crippen LogP contribution in [0.4, 0.5) is 8.78 Å². The third-order valence-electron chi connectivity index (χ3n) is 6.76. The first kappa shape index (κ1) is 23.8. The molecule has 0 saturated carbocycles. The molecule has 1 amide bonds. The predicted molar refractivity (Wildman–Crippen MR) is 134 cm³/mol. The number of rotatable bonds is 5. The number of para-hydroxylation sites is 1. The van der Waals surface area contributed by atoms with Crippen LogP contribution < -0.4 is 5.56 Å². The highest BCUT2D eigenvalue weighted by atomic mass is 19.1. The number of piperazine rings is 1. The summed E-state index contributed by atoms with van der Waals surface area (Å²) >= 11 is 0. The minimum absolute atomic E-state index is 0.0743. The van der Waals surface area contributed by atoms with Crippen molar-refractivity contribution in [2.45, 2.75) is 19.5 Å². The highest BCUT2D eigenvalue weighted by Gasteiger charge is 2.28. The Morgan fingerprint density at radius 2 is 1.47 bits per heavy atom. The first-order chi connectivity index (χ1) is 17.4. The summed E-state index contributed by atoms with van der Waals surface area (Å²) in [6, 6.07) is 17.9. The molecule has 184 valence electrons. The average molecular weight is 489 g/mol. The van der Waals surface area contributed by atoms with Crippen molar-refractivity contribution >= 4 is 16.8 Å². The van der Waals surface area contributed by atoms with Gasteiger partial charge >= 0.3 is 0 Å². The Morgan fingerprint density at radius 3 is 2.06 bits per heavy atom. The molecule has 5 rings (SSSR count). The fourth-order valence-corrected chi connectivity index (χ4v) is 4.83. The SMILES string of the molecule is Cc1cccc2c(=O)n(CC(=O)N3CCN(C(c4ccc(F)cc4)c4ccc(F)cc4)CC3)cnc12. The lowest BCUT2D eigenvalue weighted by molar-refractivity contribution is -0.133. The second-order valence-electron chi connectivity index (χ2n) is 9.07. The summed E-state index contributed by atoms with van der Waals surface area (Å²) in [6.07, 6.45) is 1.44. The molecule has 1 aromatic heterocycles. The monoisotopic (exact) mass is 488 g/mol. The Morgan fingerprint density at radius 1 is 0.889 bits per heavy atom. The topological polar surface area (TPSA) is 58.4 Å². The van der Waals surface area contributed by atoms with Crippen LogP contribution in [0, 0.1) is 18.6 Å². The molecular formula is C28H26F2N4O2. The Balaban J connectivity index is 1.31. The highest BCUT2D eigenvalue weighted by molar-refractivity contribution is 5.81. The molecule has 0 bridgehead atoms. The normalized spacial score (nSPS) is 14.5. The van der Waals surface area contributed by atoms with Gasteiger partial charge < -0.3 is 4.90 Å². The number of carbonyl (C=O) groups excluding carboxylic acids is 1. The molecule has 0 N–H and O–H groups in total. The van der Waals surface area contributed by atoms with E-state index in [1.807, 2.05) is 19.1 Å². The Hall–Kier alpha value is -3.91. The zero-order valence-electron chi connectivity index (χ0n) is 19.9. The van der Waals surface area contributed by atoms with Gasteiger partial charge in [0.05, 0.1) is 23.3 Å². The van der Waals surface area contributed by atoms with Crippen molar-refractivity contribution in [2.75, 3.05) is 26.2 Å². The van der Waals surface area contributed by atoms with Crippen LogP contribution in [0.25, 0.3) is 10.9 Å². The van der Waals surface area contributed by atoms with Gasteiger partial charge in [0.25, 0.3) is 5.56 Å². The van der Waals surface area contributed by atoms with Crippen LogP contribution in [-0.4, -0.2) is 51.4 Å². The van der Waals surface area contributed by atoms with Crippen molar-refractivity contribution in [3.05, 3.63) is 112 Å². The molecule has 1 fully saturated rings. The van der Waals surface area contributed by atoms with Crippen LogP contribution in [0.1, 0.15) is 22.7 Å². The number of fused-ring (bicyclic) bond motifs is 1. The number of hydrogen-bond donors (Lipinski definition) is 0. The second-order valence-corrected chi connectivity index (χ2v) is 9.07. The van der Waals surface area contributed by atoms with E-state index in [0.29, 0.717) is 37.1 Å². The number of aromatic nitrogens is 2. The number of carbonyl (C=O) groups is 1. The van der Waals surface area contributed by atoms with Gasteiger partial charge in [0.2, 0.25) is 5.91 Å². The minimum Gasteiger partial charge on any atom is -0.339 e. The van der Waals surface area contributed by atoms with Crippen molar-refractivity contribution < 1.29 is 13.6 Å². The van der Waals surface area contributed by atoms with Gasteiger partial charge in [-0.15, -0.1) is 0 Å². The lowest BCUT2D eigenvalue weighted by Gasteiger charge is -2.39. The van der Waals surface area contributed by atoms with Gasteiger partial charge in [-0.25, -0.2) is 13.8 Å². The van der Waals surface area contributed by atoms with E-state index in [1.54, 1.807) is 35.2 Å². The van der Waals surface area contributed by atoms with E-state index in [4.69, 9.17) is 0 Å². The van der Waals surface area contributed by atoms with Gasteiger partial charge in [0.15, 0.2) is 0 Å². The summed E-state index contributed by atoms with van der Waals surface area (Å²) in [4.78, 5) is 34.3. The predicted octanol–water partition coefficient (Wildman–Crippen LogP) is 3.92. The van der Waals surface area contributed by atoms with Crippen molar-refractivity contribution in [1.82, 2.24) is 19.4 Å². The molecule has 0 atom stereocenters. The van der Waals surface area contributed by atoms with E-state index < -0.39 is 0 Å². The van der Waals surface area contributed by atoms with E-state index in [-0.39, 0.29) is 35.7 Å². The highest BCUT2D eigenvalue weighted by Crippen LogP contribution is 2.30. The zero-order chi connectivity index (χ0) is 25.2. The summed E-state index contributed by atoms with van der Waals surface area (Å²) in [5.74, 6) is -0.785. The minimum atomic E-state index is -0.319. The summed E-state index contributed by atoms with van der Waals surface area (Å²) in [6.45, 7) is 3.94. The van der Waals surface area contributed by atoms with E-state index in [9.17, 15) is 18.4 Å². The molecule has 0 spiro atoms. The number of aryl methyl sites for hydroxylation is 1. The van der Waals surface area contributed by atoms with E-state index in [0.717, 1.165) is 16.7 Å². The Bertz CT molecular complexity index is 1400. The molecule has 0 aliphatic carbocycles. The quantitative estimate of drug-likeness (QED) is 0.427. The smallest absolute Gasteiger partial charge is 0.261 e. The van der Waals surface area contributed by atoms with Crippen molar-refractivity contribution in [2.24, 2.45) is 0 Å². The van der Waals surface area contributed by atoms with Gasteiger partial charge in [-0.3, -0.25) is 19.1 Å². The van der Waals surface area contributed by atoms with E-state index in [2.05, 4.69) is 9.88 Å². The maximum atomic E-state index is 13.6. The lowest BCUT2D eigenvalue weighted by Crippen LogP contribution is -2.51. The van der Waals surface area contributed by atoms with Crippen LogP contribution in [0.5, 0.6) is 0 Å². The van der Waals surface area contributed by atoms with Crippen LogP contribution in [0.3, 0.4) is 0 Å². The summed E-state index contributed by atoms with van der Waals surface area (Å²) in [5, 5.41) is 0.497. The van der Waals surface area contributed by atoms with Crippen molar-refractivity contribution in [3.63, 3.8) is 0 Å². The van der Waals surface area contributed by atoms with Gasteiger partial charge in [0.1, 0.15) is 18.2 Å². The van der Waals surface area contributed by atoms with Crippen LogP contribution >= 0.6 is 0 Å². The lowest BCUT2D eigenvalue weighted by atomic mass is 9.96. The number of amides is 1. The van der Waals surface area contributed by atoms with Gasteiger partial charge in [-0.05, 0) is 53.9 Å². The summed E-state index contributed by atoms with van der Waals surface area (Å²) in [5.41, 5.74) is 3.12. The molecule has 1 aliphatic rings. The summed E-state index contributed by atoms with van der Waals surface area (Å²) < 4.78 is 28.5. The molecule has 0 radical (unpaired) electrons. The van der Waals surface area contributed by atoms with E-state index >= 15 is 0 Å². The second kappa shape index (κ2) is 9.99. The molecular weight excluding hydrogens is 462 g/mol. The average Bonchev–Trinajstić information content (AvgIpc) is 2.89. The number of halogens is 2. The zero-order valence-corrected chi connectivity index (χ0v) is 19.9. The van der Waals surface area contributed by atoms with Crippen LogP contribution in [-0.2, 0) is 11.3 Å². The fraction of sp³-hybridized carbons (Fsp3) is 0.250. The molecule has 1 aliphatic heterocycles. The van der Waals surface area contributed by atoms with Crippen LogP contribution in [0.15, 0.2) is 77.9 Å². The molecule has 8 heteroatoms. The molecule has 3 aromatic carbocycles. The van der Waals surface area contributed by atoms with Crippen molar-refractivity contribution in [3.8, 4) is 0 Å². The molecule has 2 heterocycles. The largest absolute Gasteiger partial charge is 0.339 e. The summed E-state index contributed by atoms with van der Waals surface area (Å²) in [7, 11) is 0. The first-order valence-corrected chi connectivity index (χ1v) is 11.9. The Kier molecular flexibility index (Phi) is 6.61. The van der Waals surface area contributed by atoms with Crippen molar-refractivity contribution in [1.29, 1.82) is 0 Å². The van der Waals surface area contributed by atoms with Gasteiger partial charge in [0, 0.05) is 26.2 Å². The molecule has 36 heavy (non-hydrogen) atoms. The number of hydrogen-bond acceptors (Lipinski definition) is 4. The molecule has 4 aromatic rings. The van der Waals surface area contributed by atoms with Gasteiger partial charge in [-0.2, -0.15) is 0 Å². The first-order valence-electron chi connectivity index (χ1n) is 11.9. The van der Waals surface area contributed by atoms with E-state index in [1.165, 1.54) is 35.2 Å².